The number of rotatable bonds is 12. The second-order valence-electron chi connectivity index (χ2n) is 7.16. The van der Waals surface area contributed by atoms with Gasteiger partial charge in [0.15, 0.2) is 5.82 Å². The maximum atomic E-state index is 12.7. The lowest BCUT2D eigenvalue weighted by atomic mass is 10.1. The Morgan fingerprint density at radius 3 is 2.60 bits per heavy atom. The standard InChI is InChI=1S/C21H29N5O4/c1-26-18(15-6-7-15)14-19(25-26)24-21(28)16-4-2-3-5-17(16)23-20(27)8-10-29-12-13-30-11-9-22/h2-5,14-15H,6-13,22H2,1H3,(H,23,27)(H,24,25,28). The van der Waals surface area contributed by atoms with Gasteiger partial charge in [0.2, 0.25) is 5.91 Å². The van der Waals surface area contributed by atoms with Gasteiger partial charge >= 0.3 is 0 Å². The van der Waals surface area contributed by atoms with Crippen molar-refractivity contribution >= 4 is 23.3 Å². The van der Waals surface area contributed by atoms with E-state index in [0.29, 0.717) is 49.4 Å². The molecule has 1 aromatic heterocycles. The number of nitrogens with one attached hydrogen (secondary N) is 2. The van der Waals surface area contributed by atoms with E-state index in [1.807, 2.05) is 17.8 Å². The van der Waals surface area contributed by atoms with Crippen molar-refractivity contribution in [3.63, 3.8) is 0 Å². The zero-order valence-corrected chi connectivity index (χ0v) is 17.2. The molecule has 1 heterocycles. The topological polar surface area (TPSA) is 121 Å². The van der Waals surface area contributed by atoms with Crippen molar-refractivity contribution in [2.24, 2.45) is 12.8 Å². The van der Waals surface area contributed by atoms with Gasteiger partial charge in [-0.15, -0.1) is 0 Å². The molecule has 4 N–H and O–H groups in total. The molecule has 9 nitrogen and oxygen atoms in total. The summed E-state index contributed by atoms with van der Waals surface area (Å²) in [6.45, 7) is 2.07. The zero-order chi connectivity index (χ0) is 21.3. The van der Waals surface area contributed by atoms with Crippen LogP contribution in [0, 0.1) is 0 Å². The van der Waals surface area contributed by atoms with Gasteiger partial charge in [0.25, 0.3) is 5.91 Å². The fourth-order valence-corrected chi connectivity index (χ4v) is 3.06. The monoisotopic (exact) mass is 415 g/mol. The molecule has 0 spiro atoms. The number of carbonyl (C=O) groups excluding carboxylic acids is 2. The molecule has 2 aromatic rings. The smallest absolute Gasteiger partial charge is 0.258 e. The minimum absolute atomic E-state index is 0.178. The Kier molecular flexibility index (Phi) is 7.95. The summed E-state index contributed by atoms with van der Waals surface area (Å²) in [4.78, 5) is 25.0. The average molecular weight is 415 g/mol. The molecule has 1 aliphatic rings. The predicted octanol–water partition coefficient (Wildman–Crippen LogP) is 1.87. The van der Waals surface area contributed by atoms with Crippen LogP contribution in [0.3, 0.4) is 0 Å². The highest BCUT2D eigenvalue weighted by Crippen LogP contribution is 2.40. The van der Waals surface area contributed by atoms with Gasteiger partial charge in [0.1, 0.15) is 0 Å². The normalized spacial score (nSPS) is 13.3. The number of amides is 2. The predicted molar refractivity (Wildman–Crippen MR) is 114 cm³/mol. The van der Waals surface area contributed by atoms with Crippen molar-refractivity contribution in [1.29, 1.82) is 0 Å². The van der Waals surface area contributed by atoms with Gasteiger partial charge in [-0.2, -0.15) is 5.10 Å². The molecule has 1 aromatic carbocycles. The molecule has 2 amide bonds. The van der Waals surface area contributed by atoms with Crippen molar-refractivity contribution < 1.29 is 19.1 Å². The number of para-hydroxylation sites is 1. The molecule has 1 aliphatic carbocycles. The average Bonchev–Trinajstić information content (AvgIpc) is 3.50. The second kappa shape index (κ2) is 10.9. The molecule has 0 atom stereocenters. The van der Waals surface area contributed by atoms with E-state index in [9.17, 15) is 9.59 Å². The molecular weight excluding hydrogens is 386 g/mol. The van der Waals surface area contributed by atoms with Gasteiger partial charge in [-0.1, -0.05) is 12.1 Å². The van der Waals surface area contributed by atoms with Crippen LogP contribution in [0.4, 0.5) is 11.5 Å². The Bertz CT molecular complexity index is 863. The second-order valence-corrected chi connectivity index (χ2v) is 7.16. The van der Waals surface area contributed by atoms with Crippen molar-refractivity contribution in [3.05, 3.63) is 41.6 Å². The quantitative estimate of drug-likeness (QED) is 0.455. The van der Waals surface area contributed by atoms with Crippen LogP contribution < -0.4 is 16.4 Å². The van der Waals surface area contributed by atoms with Crippen molar-refractivity contribution in [2.45, 2.75) is 25.2 Å². The number of aromatic nitrogens is 2. The maximum absolute atomic E-state index is 12.7. The Labute approximate surface area is 175 Å². The van der Waals surface area contributed by atoms with Crippen LogP contribution in [0.2, 0.25) is 0 Å². The molecular formula is C21H29N5O4. The summed E-state index contributed by atoms with van der Waals surface area (Å²) in [5, 5.41) is 9.97. The number of ether oxygens (including phenoxy) is 2. The lowest BCUT2D eigenvalue weighted by Crippen LogP contribution is -2.19. The third-order valence-electron chi connectivity index (χ3n) is 4.71. The number of carbonyl (C=O) groups is 2. The minimum Gasteiger partial charge on any atom is -0.379 e. The van der Waals surface area contributed by atoms with Gasteiger partial charge < -0.3 is 25.8 Å². The zero-order valence-electron chi connectivity index (χ0n) is 17.2. The largest absolute Gasteiger partial charge is 0.379 e. The molecule has 1 saturated carbocycles. The number of nitrogens with zero attached hydrogens (tertiary/aromatic N) is 2. The van der Waals surface area contributed by atoms with Crippen LogP contribution in [-0.4, -0.2) is 54.6 Å². The number of aryl methyl sites for hydroxylation is 1. The van der Waals surface area contributed by atoms with E-state index in [1.165, 1.54) is 0 Å². The van der Waals surface area contributed by atoms with E-state index in [4.69, 9.17) is 15.2 Å². The van der Waals surface area contributed by atoms with Gasteiger partial charge in [-0.25, -0.2) is 0 Å². The van der Waals surface area contributed by atoms with E-state index in [1.54, 1.807) is 24.3 Å². The highest BCUT2D eigenvalue weighted by atomic mass is 16.5. The van der Waals surface area contributed by atoms with E-state index in [-0.39, 0.29) is 24.8 Å². The highest BCUT2D eigenvalue weighted by molar-refractivity contribution is 6.09. The van der Waals surface area contributed by atoms with Crippen LogP contribution in [0.5, 0.6) is 0 Å². The molecule has 30 heavy (non-hydrogen) atoms. The Hall–Kier alpha value is -2.75. The van der Waals surface area contributed by atoms with Crippen molar-refractivity contribution in [2.75, 3.05) is 43.6 Å². The molecule has 0 bridgehead atoms. The molecule has 0 radical (unpaired) electrons. The highest BCUT2D eigenvalue weighted by Gasteiger charge is 2.27. The molecule has 0 unspecified atom stereocenters. The van der Waals surface area contributed by atoms with Crippen LogP contribution in [0.25, 0.3) is 0 Å². The number of nitrogens with two attached hydrogens (primary N) is 1. The van der Waals surface area contributed by atoms with Crippen LogP contribution >= 0.6 is 0 Å². The third-order valence-corrected chi connectivity index (χ3v) is 4.71. The van der Waals surface area contributed by atoms with E-state index in [0.717, 1.165) is 18.5 Å². The Balaban J connectivity index is 1.50. The molecule has 0 saturated heterocycles. The van der Waals surface area contributed by atoms with Crippen LogP contribution in [-0.2, 0) is 21.3 Å². The molecule has 0 aliphatic heterocycles. The molecule has 9 heteroatoms. The maximum Gasteiger partial charge on any atom is 0.258 e. The van der Waals surface area contributed by atoms with Gasteiger partial charge in [-0.3, -0.25) is 14.3 Å². The molecule has 162 valence electrons. The summed E-state index contributed by atoms with van der Waals surface area (Å²) in [6, 6.07) is 8.79. The summed E-state index contributed by atoms with van der Waals surface area (Å²) in [5.74, 6) is 0.497. The summed E-state index contributed by atoms with van der Waals surface area (Å²) in [5.41, 5.74) is 7.28. The fraction of sp³-hybridized carbons (Fsp3) is 0.476. The first kappa shape index (κ1) is 21.9. The van der Waals surface area contributed by atoms with Gasteiger partial charge in [0.05, 0.1) is 44.1 Å². The Morgan fingerprint density at radius 1 is 1.13 bits per heavy atom. The fourth-order valence-electron chi connectivity index (χ4n) is 3.06. The first-order valence-electron chi connectivity index (χ1n) is 10.2. The number of hydrogen-bond acceptors (Lipinski definition) is 6. The van der Waals surface area contributed by atoms with Crippen LogP contribution in [0.1, 0.15) is 41.2 Å². The van der Waals surface area contributed by atoms with E-state index in [2.05, 4.69) is 15.7 Å². The first-order chi connectivity index (χ1) is 14.6. The molecule has 3 rings (SSSR count). The first-order valence-corrected chi connectivity index (χ1v) is 10.2. The summed E-state index contributed by atoms with van der Waals surface area (Å²) in [6.07, 6.45) is 2.50. The summed E-state index contributed by atoms with van der Waals surface area (Å²) >= 11 is 0. The van der Waals surface area contributed by atoms with Crippen molar-refractivity contribution in [1.82, 2.24) is 9.78 Å². The number of anilines is 2. The lowest BCUT2D eigenvalue weighted by molar-refractivity contribution is -0.117. The summed E-state index contributed by atoms with van der Waals surface area (Å²) in [7, 11) is 1.88. The third kappa shape index (κ3) is 6.38. The summed E-state index contributed by atoms with van der Waals surface area (Å²) < 4.78 is 12.4. The van der Waals surface area contributed by atoms with E-state index < -0.39 is 0 Å². The minimum atomic E-state index is -0.320. The van der Waals surface area contributed by atoms with E-state index >= 15 is 0 Å². The van der Waals surface area contributed by atoms with Crippen LogP contribution in [0.15, 0.2) is 30.3 Å². The van der Waals surface area contributed by atoms with Gasteiger partial charge in [0, 0.05) is 31.3 Å². The molecule has 1 fully saturated rings. The number of hydrogen-bond donors (Lipinski definition) is 3. The van der Waals surface area contributed by atoms with Gasteiger partial charge in [-0.05, 0) is 25.0 Å². The van der Waals surface area contributed by atoms with Crippen molar-refractivity contribution in [3.8, 4) is 0 Å². The lowest BCUT2D eigenvalue weighted by Gasteiger charge is -2.11. The number of benzene rings is 1. The SMILES string of the molecule is Cn1nc(NC(=O)c2ccccc2NC(=O)CCOCCOCCN)cc1C1CC1. The Morgan fingerprint density at radius 2 is 1.87 bits per heavy atom.